The number of aromatic carboxylic acids is 1. The van der Waals surface area contributed by atoms with Crippen LogP contribution in [0.1, 0.15) is 40.7 Å². The molecule has 2 N–H and O–H groups in total. The van der Waals surface area contributed by atoms with Gasteiger partial charge in [0.05, 0.1) is 4.90 Å². The Kier molecular flexibility index (Phi) is 3.72. The number of rotatable bonds is 5. The second-order valence-electron chi connectivity index (χ2n) is 5.33. The predicted octanol–water partition coefficient (Wildman–Crippen LogP) is 2.22. The first kappa shape index (κ1) is 14.5. The zero-order chi connectivity index (χ0) is 14.3. The Bertz CT molecular complexity index is 599. The third-order valence-electron chi connectivity index (χ3n) is 3.62. The first-order chi connectivity index (χ1) is 8.73. The highest BCUT2D eigenvalue weighted by molar-refractivity contribution is 7.89. The summed E-state index contributed by atoms with van der Waals surface area (Å²) in [5.41, 5.74) is 0.0482. The lowest BCUT2D eigenvalue weighted by molar-refractivity contribution is 0.0702. The standard InChI is InChI=1S/C12H17NO4S2/c1-8-10(6-9(18-8)11(14)15)19(16,17)13-7-12(2)4-3-5-12/h6,13H,3-5,7H2,1-2H3,(H,14,15). The molecule has 1 saturated carbocycles. The summed E-state index contributed by atoms with van der Waals surface area (Å²) in [6.07, 6.45) is 3.19. The Morgan fingerprint density at radius 2 is 2.16 bits per heavy atom. The number of carbonyl (C=O) groups is 1. The molecule has 0 radical (unpaired) electrons. The van der Waals surface area contributed by atoms with Crippen molar-refractivity contribution in [3.05, 3.63) is 15.8 Å². The molecular weight excluding hydrogens is 286 g/mol. The van der Waals surface area contributed by atoms with E-state index in [0.29, 0.717) is 11.4 Å². The van der Waals surface area contributed by atoms with Crippen molar-refractivity contribution in [1.29, 1.82) is 0 Å². The second kappa shape index (κ2) is 4.88. The number of nitrogens with one attached hydrogen (secondary N) is 1. The number of sulfonamides is 1. The third-order valence-corrected chi connectivity index (χ3v) is 6.32. The Balaban J connectivity index is 2.17. The van der Waals surface area contributed by atoms with Crippen LogP contribution in [0.2, 0.25) is 0 Å². The Labute approximate surface area is 116 Å². The summed E-state index contributed by atoms with van der Waals surface area (Å²) in [5.74, 6) is -1.10. The fourth-order valence-electron chi connectivity index (χ4n) is 2.14. The molecule has 1 aliphatic carbocycles. The summed E-state index contributed by atoms with van der Waals surface area (Å²) >= 11 is 0.984. The van der Waals surface area contributed by atoms with E-state index in [2.05, 4.69) is 11.6 Å². The van der Waals surface area contributed by atoms with Gasteiger partial charge in [-0.3, -0.25) is 0 Å². The van der Waals surface area contributed by atoms with E-state index < -0.39 is 16.0 Å². The number of carboxylic acid groups (broad SMARTS) is 1. The fraction of sp³-hybridized carbons (Fsp3) is 0.583. The van der Waals surface area contributed by atoms with Crippen LogP contribution in [-0.4, -0.2) is 26.0 Å². The molecule has 2 rings (SSSR count). The van der Waals surface area contributed by atoms with Gasteiger partial charge in [-0.15, -0.1) is 11.3 Å². The van der Waals surface area contributed by atoms with Crippen molar-refractivity contribution in [2.45, 2.75) is 38.0 Å². The topological polar surface area (TPSA) is 83.5 Å². The van der Waals surface area contributed by atoms with Gasteiger partial charge in [-0.05, 0) is 31.2 Å². The van der Waals surface area contributed by atoms with Gasteiger partial charge in [-0.25, -0.2) is 17.9 Å². The Hall–Kier alpha value is -0.920. The molecule has 0 amide bonds. The van der Waals surface area contributed by atoms with Crippen LogP contribution in [0.3, 0.4) is 0 Å². The molecule has 0 spiro atoms. The molecule has 0 atom stereocenters. The molecule has 106 valence electrons. The maximum Gasteiger partial charge on any atom is 0.345 e. The number of aryl methyl sites for hydroxylation is 1. The first-order valence-corrected chi connectivity index (χ1v) is 8.37. The predicted molar refractivity (Wildman–Crippen MR) is 73.2 cm³/mol. The van der Waals surface area contributed by atoms with Crippen molar-refractivity contribution in [2.24, 2.45) is 5.41 Å². The van der Waals surface area contributed by atoms with E-state index in [9.17, 15) is 13.2 Å². The van der Waals surface area contributed by atoms with Gasteiger partial charge in [0.25, 0.3) is 0 Å². The molecule has 0 bridgehead atoms. The average Bonchev–Trinajstić information content (AvgIpc) is 2.67. The number of hydrogen-bond acceptors (Lipinski definition) is 4. The number of carboxylic acids is 1. The molecule has 1 heterocycles. The van der Waals surface area contributed by atoms with Crippen molar-refractivity contribution >= 4 is 27.3 Å². The highest BCUT2D eigenvalue weighted by Crippen LogP contribution is 2.39. The molecule has 0 unspecified atom stereocenters. The molecule has 1 aromatic heterocycles. The highest BCUT2D eigenvalue weighted by Gasteiger charge is 2.33. The van der Waals surface area contributed by atoms with Gasteiger partial charge >= 0.3 is 5.97 Å². The number of hydrogen-bond donors (Lipinski definition) is 2. The quantitative estimate of drug-likeness (QED) is 0.873. The van der Waals surface area contributed by atoms with Gasteiger partial charge in [0.2, 0.25) is 10.0 Å². The van der Waals surface area contributed by atoms with Crippen LogP contribution in [0.15, 0.2) is 11.0 Å². The van der Waals surface area contributed by atoms with Crippen LogP contribution in [0.5, 0.6) is 0 Å². The molecular formula is C12H17NO4S2. The van der Waals surface area contributed by atoms with E-state index in [4.69, 9.17) is 5.11 Å². The van der Waals surface area contributed by atoms with E-state index in [1.165, 1.54) is 6.07 Å². The van der Waals surface area contributed by atoms with Gasteiger partial charge in [-0.2, -0.15) is 0 Å². The van der Waals surface area contributed by atoms with E-state index in [1.807, 2.05) is 0 Å². The van der Waals surface area contributed by atoms with Crippen LogP contribution >= 0.6 is 11.3 Å². The van der Waals surface area contributed by atoms with Crippen LogP contribution in [0.25, 0.3) is 0 Å². The minimum absolute atomic E-state index is 0.0482. The molecule has 1 fully saturated rings. The summed E-state index contributed by atoms with van der Waals surface area (Å²) in [6.45, 7) is 4.09. The summed E-state index contributed by atoms with van der Waals surface area (Å²) < 4.78 is 27.0. The van der Waals surface area contributed by atoms with E-state index >= 15 is 0 Å². The molecule has 7 heteroatoms. The normalized spacial score (nSPS) is 18.0. The van der Waals surface area contributed by atoms with E-state index in [-0.39, 0.29) is 15.2 Å². The van der Waals surface area contributed by atoms with E-state index in [0.717, 1.165) is 30.6 Å². The fourth-order valence-corrected chi connectivity index (χ4v) is 4.77. The SMILES string of the molecule is Cc1sc(C(=O)O)cc1S(=O)(=O)NCC1(C)CCC1. The van der Waals surface area contributed by atoms with E-state index in [1.54, 1.807) is 6.92 Å². The molecule has 19 heavy (non-hydrogen) atoms. The Morgan fingerprint density at radius 1 is 1.53 bits per heavy atom. The van der Waals surface area contributed by atoms with Crippen LogP contribution in [0, 0.1) is 12.3 Å². The highest BCUT2D eigenvalue weighted by atomic mass is 32.2. The van der Waals surface area contributed by atoms with Crippen molar-refractivity contribution in [3.8, 4) is 0 Å². The van der Waals surface area contributed by atoms with Crippen molar-refractivity contribution < 1.29 is 18.3 Å². The number of thiophene rings is 1. The van der Waals surface area contributed by atoms with Crippen LogP contribution in [0.4, 0.5) is 0 Å². The zero-order valence-electron chi connectivity index (χ0n) is 10.9. The summed E-state index contributed by atoms with van der Waals surface area (Å²) in [5, 5.41) is 8.89. The maximum atomic E-state index is 12.2. The monoisotopic (exact) mass is 303 g/mol. The zero-order valence-corrected chi connectivity index (χ0v) is 12.5. The smallest absolute Gasteiger partial charge is 0.345 e. The lowest BCUT2D eigenvalue weighted by Gasteiger charge is -2.38. The lowest BCUT2D eigenvalue weighted by atomic mass is 9.71. The summed E-state index contributed by atoms with van der Waals surface area (Å²) in [6, 6.07) is 1.23. The first-order valence-electron chi connectivity index (χ1n) is 6.07. The maximum absolute atomic E-state index is 12.2. The molecule has 0 aromatic carbocycles. The molecule has 5 nitrogen and oxygen atoms in total. The largest absolute Gasteiger partial charge is 0.477 e. The van der Waals surface area contributed by atoms with Crippen molar-refractivity contribution in [1.82, 2.24) is 4.72 Å². The van der Waals surface area contributed by atoms with Gasteiger partial charge in [-0.1, -0.05) is 13.3 Å². The Morgan fingerprint density at radius 3 is 2.58 bits per heavy atom. The lowest BCUT2D eigenvalue weighted by Crippen LogP contribution is -2.39. The molecule has 0 aliphatic heterocycles. The van der Waals surface area contributed by atoms with Crippen LogP contribution in [-0.2, 0) is 10.0 Å². The summed E-state index contributed by atoms with van der Waals surface area (Å²) in [4.78, 5) is 11.5. The average molecular weight is 303 g/mol. The molecule has 1 aliphatic rings. The van der Waals surface area contributed by atoms with Gasteiger partial charge < -0.3 is 5.11 Å². The summed E-state index contributed by atoms with van der Waals surface area (Å²) in [7, 11) is -3.62. The van der Waals surface area contributed by atoms with Gasteiger partial charge in [0.1, 0.15) is 4.88 Å². The van der Waals surface area contributed by atoms with Gasteiger partial charge in [0, 0.05) is 11.4 Å². The minimum Gasteiger partial charge on any atom is -0.477 e. The molecule has 1 aromatic rings. The van der Waals surface area contributed by atoms with Crippen molar-refractivity contribution in [2.75, 3.05) is 6.54 Å². The van der Waals surface area contributed by atoms with Crippen molar-refractivity contribution in [3.63, 3.8) is 0 Å². The molecule has 0 saturated heterocycles. The van der Waals surface area contributed by atoms with Crippen LogP contribution < -0.4 is 4.72 Å². The third kappa shape index (κ3) is 2.98. The van der Waals surface area contributed by atoms with Gasteiger partial charge in [0.15, 0.2) is 0 Å². The minimum atomic E-state index is -3.62. The second-order valence-corrected chi connectivity index (χ2v) is 8.32.